The monoisotopic (exact) mass is 303 g/mol. The maximum Gasteiger partial charge on any atom is 0.0481 e. The Kier molecular flexibility index (Phi) is 10.8. The van der Waals surface area contributed by atoms with Crippen molar-refractivity contribution < 1.29 is 10.2 Å². The molecule has 0 aromatic rings. The highest BCUT2D eigenvalue weighted by Crippen LogP contribution is 2.29. The summed E-state index contributed by atoms with van der Waals surface area (Å²) in [5.74, 6) is 1.36. The first-order valence-corrected chi connectivity index (χ1v) is 9.41. The van der Waals surface area contributed by atoms with Gasteiger partial charge >= 0.3 is 0 Å². The lowest BCUT2D eigenvalue weighted by atomic mass is 10.0. The lowest BCUT2D eigenvalue weighted by molar-refractivity contribution is 0.141. The fourth-order valence-electron chi connectivity index (χ4n) is 2.87. The highest BCUT2D eigenvalue weighted by Gasteiger charge is 2.23. The van der Waals surface area contributed by atoms with Gasteiger partial charge in [0, 0.05) is 30.4 Å². The van der Waals surface area contributed by atoms with Gasteiger partial charge < -0.3 is 15.9 Å². The lowest BCUT2D eigenvalue weighted by Crippen LogP contribution is -2.27. The van der Waals surface area contributed by atoms with Crippen molar-refractivity contribution >= 4 is 11.8 Å². The zero-order chi connectivity index (χ0) is 14.6. The highest BCUT2D eigenvalue weighted by molar-refractivity contribution is 8.00. The molecule has 1 aliphatic heterocycles. The van der Waals surface area contributed by atoms with Crippen LogP contribution in [0.25, 0.3) is 0 Å². The van der Waals surface area contributed by atoms with Crippen LogP contribution < -0.4 is 5.73 Å². The summed E-state index contributed by atoms with van der Waals surface area (Å²) in [5.41, 5.74) is 6.07. The van der Waals surface area contributed by atoms with Gasteiger partial charge in [-0.15, -0.1) is 0 Å². The maximum absolute atomic E-state index is 8.96. The van der Waals surface area contributed by atoms with Gasteiger partial charge in [-0.25, -0.2) is 0 Å². The van der Waals surface area contributed by atoms with Gasteiger partial charge in [0.2, 0.25) is 0 Å². The SMILES string of the molecule is NC1CCSC1CCCCCCCCCC(CO)CO. The van der Waals surface area contributed by atoms with Gasteiger partial charge in [0.05, 0.1) is 0 Å². The molecule has 1 heterocycles. The summed E-state index contributed by atoms with van der Waals surface area (Å²) in [7, 11) is 0. The number of thioether (sulfide) groups is 1. The molecule has 2 unspecified atom stereocenters. The predicted octanol–water partition coefficient (Wildman–Crippen LogP) is 2.93. The standard InChI is InChI=1S/C16H33NO2S/c17-15-10-11-20-16(15)9-7-5-3-1-2-4-6-8-14(12-18)13-19/h14-16,18-19H,1-13,17H2. The first-order valence-electron chi connectivity index (χ1n) is 8.36. The fourth-order valence-corrected chi connectivity index (χ4v) is 4.29. The van der Waals surface area contributed by atoms with Gasteiger partial charge in [-0.1, -0.05) is 44.9 Å². The van der Waals surface area contributed by atoms with E-state index in [4.69, 9.17) is 15.9 Å². The lowest BCUT2D eigenvalue weighted by Gasteiger charge is -2.13. The second-order valence-electron chi connectivity index (χ2n) is 6.15. The zero-order valence-electron chi connectivity index (χ0n) is 12.8. The van der Waals surface area contributed by atoms with Gasteiger partial charge in [-0.3, -0.25) is 0 Å². The van der Waals surface area contributed by atoms with Crippen molar-refractivity contribution in [1.29, 1.82) is 0 Å². The molecule has 0 amide bonds. The quantitative estimate of drug-likeness (QED) is 0.485. The van der Waals surface area contributed by atoms with Gasteiger partial charge in [-0.2, -0.15) is 11.8 Å². The molecule has 3 nitrogen and oxygen atoms in total. The van der Waals surface area contributed by atoms with Crippen LogP contribution in [0.15, 0.2) is 0 Å². The molecule has 0 saturated carbocycles. The van der Waals surface area contributed by atoms with Gasteiger partial charge in [0.1, 0.15) is 0 Å². The Morgan fingerprint density at radius 2 is 1.55 bits per heavy atom. The number of unbranched alkanes of at least 4 members (excludes halogenated alkanes) is 6. The largest absolute Gasteiger partial charge is 0.396 e. The van der Waals surface area contributed by atoms with Crippen molar-refractivity contribution in [1.82, 2.24) is 0 Å². The van der Waals surface area contributed by atoms with Crippen LogP contribution in [0.2, 0.25) is 0 Å². The van der Waals surface area contributed by atoms with E-state index in [0.717, 1.165) is 18.1 Å². The maximum atomic E-state index is 8.96. The molecule has 4 N–H and O–H groups in total. The van der Waals surface area contributed by atoms with Crippen LogP contribution in [0.4, 0.5) is 0 Å². The molecule has 1 aliphatic rings. The van der Waals surface area contributed by atoms with Crippen LogP contribution in [-0.2, 0) is 0 Å². The van der Waals surface area contributed by atoms with Crippen molar-refractivity contribution in [3.63, 3.8) is 0 Å². The Balaban J connectivity index is 1.81. The first kappa shape index (κ1) is 18.3. The van der Waals surface area contributed by atoms with E-state index in [-0.39, 0.29) is 19.1 Å². The van der Waals surface area contributed by atoms with Gasteiger partial charge in [0.25, 0.3) is 0 Å². The summed E-state index contributed by atoms with van der Waals surface area (Å²) in [6.45, 7) is 0.246. The molecular formula is C16H33NO2S. The minimum absolute atomic E-state index is 0.100. The van der Waals surface area contributed by atoms with E-state index in [9.17, 15) is 0 Å². The minimum atomic E-state index is 0.100. The summed E-state index contributed by atoms with van der Waals surface area (Å²) in [6, 6.07) is 0.450. The molecule has 1 saturated heterocycles. The second kappa shape index (κ2) is 11.8. The molecule has 0 aromatic heterocycles. The summed E-state index contributed by atoms with van der Waals surface area (Å²) < 4.78 is 0. The molecule has 0 radical (unpaired) electrons. The van der Waals surface area contributed by atoms with Crippen LogP contribution >= 0.6 is 11.8 Å². The topological polar surface area (TPSA) is 66.5 Å². The molecule has 4 heteroatoms. The van der Waals surface area contributed by atoms with Crippen LogP contribution in [0.5, 0.6) is 0 Å². The fraction of sp³-hybridized carbons (Fsp3) is 1.00. The molecule has 2 atom stereocenters. The summed E-state index contributed by atoms with van der Waals surface area (Å²) in [5, 5.41) is 18.7. The number of hydrogen-bond acceptors (Lipinski definition) is 4. The first-order chi connectivity index (χ1) is 9.77. The Morgan fingerprint density at radius 1 is 0.950 bits per heavy atom. The summed E-state index contributed by atoms with van der Waals surface area (Å²) in [6.07, 6.45) is 12.5. The molecule has 120 valence electrons. The van der Waals surface area contributed by atoms with E-state index in [1.807, 2.05) is 0 Å². The molecule has 0 aliphatic carbocycles. The van der Waals surface area contributed by atoms with Crippen molar-refractivity contribution in [3.05, 3.63) is 0 Å². The van der Waals surface area contributed by atoms with Crippen molar-refractivity contribution in [2.75, 3.05) is 19.0 Å². The number of rotatable bonds is 12. The highest BCUT2D eigenvalue weighted by atomic mass is 32.2. The molecule has 0 bridgehead atoms. The van der Waals surface area contributed by atoms with Gasteiger partial charge in [-0.05, 0) is 25.0 Å². The number of hydrogen-bond donors (Lipinski definition) is 3. The average molecular weight is 304 g/mol. The van der Waals surface area contributed by atoms with Crippen LogP contribution in [0, 0.1) is 5.92 Å². The van der Waals surface area contributed by atoms with E-state index in [2.05, 4.69) is 11.8 Å². The number of aliphatic hydroxyl groups excluding tert-OH is 2. The summed E-state index contributed by atoms with van der Waals surface area (Å²) in [4.78, 5) is 0. The minimum Gasteiger partial charge on any atom is -0.396 e. The van der Waals surface area contributed by atoms with E-state index in [1.54, 1.807) is 0 Å². The molecule has 1 rings (SSSR count). The van der Waals surface area contributed by atoms with Crippen LogP contribution in [-0.4, -0.2) is 40.5 Å². The van der Waals surface area contributed by atoms with E-state index in [0.29, 0.717) is 6.04 Å². The third-order valence-electron chi connectivity index (χ3n) is 4.38. The van der Waals surface area contributed by atoms with Crippen molar-refractivity contribution in [2.45, 2.75) is 75.5 Å². The normalized spacial score (nSPS) is 22.8. The van der Waals surface area contributed by atoms with Crippen molar-refractivity contribution in [3.8, 4) is 0 Å². The number of nitrogens with two attached hydrogens (primary N) is 1. The average Bonchev–Trinajstić information content (AvgIpc) is 2.87. The Labute approximate surface area is 128 Å². The van der Waals surface area contributed by atoms with Crippen LogP contribution in [0.3, 0.4) is 0 Å². The smallest absolute Gasteiger partial charge is 0.0481 e. The van der Waals surface area contributed by atoms with Crippen LogP contribution in [0.1, 0.15) is 64.2 Å². The predicted molar refractivity (Wildman–Crippen MR) is 88.1 cm³/mol. The molecule has 20 heavy (non-hydrogen) atoms. The second-order valence-corrected chi connectivity index (χ2v) is 7.49. The van der Waals surface area contributed by atoms with E-state index in [1.165, 1.54) is 57.1 Å². The Hall–Kier alpha value is 0.230. The summed E-state index contributed by atoms with van der Waals surface area (Å²) >= 11 is 2.07. The van der Waals surface area contributed by atoms with E-state index < -0.39 is 0 Å². The molecule has 1 fully saturated rings. The molecule has 0 aromatic carbocycles. The third-order valence-corrected chi connectivity index (χ3v) is 5.86. The van der Waals surface area contributed by atoms with E-state index >= 15 is 0 Å². The van der Waals surface area contributed by atoms with Gasteiger partial charge in [0.15, 0.2) is 0 Å². The Bertz CT molecular complexity index is 225. The Morgan fingerprint density at radius 3 is 2.10 bits per heavy atom. The third kappa shape index (κ3) is 7.87. The van der Waals surface area contributed by atoms with Crippen molar-refractivity contribution in [2.24, 2.45) is 11.7 Å². The zero-order valence-corrected chi connectivity index (χ0v) is 13.6. The molecule has 0 spiro atoms. The number of aliphatic hydroxyl groups is 2. The molecular weight excluding hydrogens is 270 g/mol.